The first-order valence-corrected chi connectivity index (χ1v) is 7.22. The van der Waals surface area contributed by atoms with Crippen LogP contribution in [0.2, 0.25) is 0 Å². The molecule has 0 fully saturated rings. The molecule has 0 radical (unpaired) electrons. The summed E-state index contributed by atoms with van der Waals surface area (Å²) in [4.78, 5) is 14.4. The molecule has 1 aromatic carbocycles. The largest absolute Gasteiger partial charge is 0.377 e. The molecular weight excluding hydrogens is 250 g/mol. The molecule has 0 aromatic heterocycles. The number of nitrogens with zero attached hydrogens (tertiary/aromatic N) is 1. The summed E-state index contributed by atoms with van der Waals surface area (Å²) in [7, 11) is 1.96. The number of carbonyl (C=O) groups is 1. The molecule has 0 unspecified atom stereocenters. The van der Waals surface area contributed by atoms with Gasteiger partial charge < -0.3 is 4.74 Å². The maximum Gasteiger partial charge on any atom is 0.177 e. The van der Waals surface area contributed by atoms with Gasteiger partial charge in [0.1, 0.15) is 0 Å². The number of aryl methyl sites for hydroxylation is 3. The lowest BCUT2D eigenvalue weighted by Crippen LogP contribution is -2.30. The molecule has 20 heavy (non-hydrogen) atoms. The van der Waals surface area contributed by atoms with Crippen molar-refractivity contribution in [2.75, 3.05) is 26.7 Å². The second-order valence-corrected chi connectivity index (χ2v) is 5.85. The highest BCUT2D eigenvalue weighted by Gasteiger charge is 2.14. The van der Waals surface area contributed by atoms with E-state index in [0.717, 1.165) is 23.2 Å². The van der Waals surface area contributed by atoms with Gasteiger partial charge in [-0.2, -0.15) is 0 Å². The van der Waals surface area contributed by atoms with E-state index in [1.807, 2.05) is 39.6 Å². The minimum Gasteiger partial charge on any atom is -0.377 e. The summed E-state index contributed by atoms with van der Waals surface area (Å²) in [5.74, 6) is 0.187. The second kappa shape index (κ2) is 7.55. The lowest BCUT2D eigenvalue weighted by Gasteiger charge is -2.18. The molecule has 0 atom stereocenters. The number of rotatable bonds is 7. The van der Waals surface area contributed by atoms with Crippen molar-refractivity contribution in [2.24, 2.45) is 0 Å². The maximum absolute atomic E-state index is 12.4. The molecule has 1 rings (SSSR count). The van der Waals surface area contributed by atoms with Crippen LogP contribution in [0, 0.1) is 20.8 Å². The van der Waals surface area contributed by atoms with Crippen LogP contribution >= 0.6 is 0 Å². The molecule has 112 valence electrons. The third kappa shape index (κ3) is 5.06. The number of hydrogen-bond donors (Lipinski definition) is 0. The second-order valence-electron chi connectivity index (χ2n) is 5.85. The van der Waals surface area contributed by atoms with Crippen LogP contribution in [0.5, 0.6) is 0 Å². The van der Waals surface area contributed by atoms with Crippen LogP contribution in [0.25, 0.3) is 0 Å². The molecule has 0 aliphatic heterocycles. The van der Waals surface area contributed by atoms with E-state index < -0.39 is 0 Å². The lowest BCUT2D eigenvalue weighted by atomic mass is 9.96. The number of ether oxygens (including phenoxy) is 1. The van der Waals surface area contributed by atoms with Gasteiger partial charge in [0, 0.05) is 12.1 Å². The molecule has 0 aliphatic rings. The Labute approximate surface area is 122 Å². The van der Waals surface area contributed by atoms with E-state index in [2.05, 4.69) is 19.1 Å². The van der Waals surface area contributed by atoms with Crippen molar-refractivity contribution in [3.05, 3.63) is 34.4 Å². The fourth-order valence-electron chi connectivity index (χ4n) is 2.47. The van der Waals surface area contributed by atoms with Gasteiger partial charge >= 0.3 is 0 Å². The minimum absolute atomic E-state index is 0.187. The van der Waals surface area contributed by atoms with E-state index in [1.165, 1.54) is 5.56 Å². The number of hydrogen-bond acceptors (Lipinski definition) is 3. The summed E-state index contributed by atoms with van der Waals surface area (Å²) in [5, 5.41) is 0. The number of likely N-dealkylation sites (N-methyl/N-ethyl adjacent to an activating group) is 1. The maximum atomic E-state index is 12.4. The van der Waals surface area contributed by atoms with Crippen molar-refractivity contribution < 1.29 is 9.53 Å². The Hall–Kier alpha value is -1.19. The third-order valence-corrected chi connectivity index (χ3v) is 3.29. The van der Waals surface area contributed by atoms with Crippen LogP contribution in [0.3, 0.4) is 0 Å². The van der Waals surface area contributed by atoms with Crippen LogP contribution in [-0.4, -0.2) is 43.5 Å². The Balaban J connectivity index is 2.63. The van der Waals surface area contributed by atoms with E-state index in [4.69, 9.17) is 4.74 Å². The number of ketones is 1. The fourth-order valence-corrected chi connectivity index (χ4v) is 2.47. The molecule has 0 N–H and O–H groups in total. The Morgan fingerprint density at radius 3 is 2.25 bits per heavy atom. The van der Waals surface area contributed by atoms with Crippen LogP contribution in [0.4, 0.5) is 0 Å². The van der Waals surface area contributed by atoms with Gasteiger partial charge in [-0.05, 0) is 52.8 Å². The molecule has 0 aliphatic carbocycles. The van der Waals surface area contributed by atoms with Crippen LogP contribution in [0.15, 0.2) is 12.1 Å². The molecule has 1 aromatic rings. The van der Waals surface area contributed by atoms with Crippen LogP contribution in [0.1, 0.15) is 40.9 Å². The van der Waals surface area contributed by atoms with Crippen molar-refractivity contribution in [2.45, 2.75) is 40.7 Å². The summed E-state index contributed by atoms with van der Waals surface area (Å²) in [6.07, 6.45) is 0.237. The van der Waals surface area contributed by atoms with Gasteiger partial charge in [0.15, 0.2) is 5.78 Å². The average Bonchev–Trinajstić information content (AvgIpc) is 2.26. The average molecular weight is 277 g/mol. The van der Waals surface area contributed by atoms with Crippen molar-refractivity contribution in [1.29, 1.82) is 0 Å². The molecular formula is C17H27NO2. The van der Waals surface area contributed by atoms with Crippen molar-refractivity contribution in [3.8, 4) is 0 Å². The molecule has 0 amide bonds. The SMILES string of the molecule is Cc1cc(C)c(C(=O)CN(C)CCOC(C)C)c(C)c1. The van der Waals surface area contributed by atoms with Crippen molar-refractivity contribution >= 4 is 5.78 Å². The molecule has 0 heterocycles. The highest BCUT2D eigenvalue weighted by Crippen LogP contribution is 2.17. The van der Waals surface area contributed by atoms with Crippen LogP contribution < -0.4 is 0 Å². The van der Waals surface area contributed by atoms with Gasteiger partial charge in [-0.1, -0.05) is 17.7 Å². The highest BCUT2D eigenvalue weighted by atomic mass is 16.5. The van der Waals surface area contributed by atoms with E-state index in [-0.39, 0.29) is 11.9 Å². The Bertz CT molecular complexity index is 443. The van der Waals surface area contributed by atoms with E-state index in [0.29, 0.717) is 13.2 Å². The van der Waals surface area contributed by atoms with Gasteiger partial charge in [-0.25, -0.2) is 0 Å². The first-order chi connectivity index (χ1) is 9.31. The molecule has 0 saturated heterocycles. The predicted octanol–water partition coefficient (Wildman–Crippen LogP) is 3.15. The van der Waals surface area contributed by atoms with Gasteiger partial charge in [0.25, 0.3) is 0 Å². The summed E-state index contributed by atoms with van der Waals surface area (Å²) in [5.41, 5.74) is 4.21. The molecule has 0 bridgehead atoms. The number of Topliss-reactive ketones (excluding diaryl/α,β-unsaturated/α-hetero) is 1. The summed E-state index contributed by atoms with van der Waals surface area (Å²) >= 11 is 0. The van der Waals surface area contributed by atoms with E-state index in [1.54, 1.807) is 0 Å². The fraction of sp³-hybridized carbons (Fsp3) is 0.588. The minimum atomic E-state index is 0.187. The van der Waals surface area contributed by atoms with Crippen molar-refractivity contribution in [1.82, 2.24) is 4.90 Å². The summed E-state index contributed by atoms with van der Waals surface area (Å²) in [6, 6.07) is 4.14. The Morgan fingerprint density at radius 1 is 1.20 bits per heavy atom. The monoisotopic (exact) mass is 277 g/mol. The summed E-state index contributed by atoms with van der Waals surface area (Å²) < 4.78 is 5.51. The van der Waals surface area contributed by atoms with Gasteiger partial charge in [0.05, 0.1) is 19.3 Å². The van der Waals surface area contributed by atoms with E-state index in [9.17, 15) is 4.79 Å². The van der Waals surface area contributed by atoms with Crippen molar-refractivity contribution in [3.63, 3.8) is 0 Å². The Kier molecular flexibility index (Phi) is 6.37. The predicted molar refractivity (Wildman–Crippen MR) is 83.6 cm³/mol. The zero-order chi connectivity index (χ0) is 15.3. The first kappa shape index (κ1) is 16.9. The molecule has 3 nitrogen and oxygen atoms in total. The third-order valence-electron chi connectivity index (χ3n) is 3.29. The van der Waals surface area contributed by atoms with Gasteiger partial charge in [0.2, 0.25) is 0 Å². The lowest BCUT2D eigenvalue weighted by molar-refractivity contribution is 0.0619. The standard InChI is InChI=1S/C17H27NO2/c1-12(2)20-8-7-18(6)11-16(19)17-14(4)9-13(3)10-15(17)5/h9-10,12H,7-8,11H2,1-6H3. The zero-order valence-corrected chi connectivity index (χ0v) is 13.6. The highest BCUT2D eigenvalue weighted by molar-refractivity contribution is 6.00. The first-order valence-electron chi connectivity index (χ1n) is 7.22. The van der Waals surface area contributed by atoms with E-state index >= 15 is 0 Å². The Morgan fingerprint density at radius 2 is 1.75 bits per heavy atom. The zero-order valence-electron chi connectivity index (χ0n) is 13.6. The molecule has 0 spiro atoms. The van der Waals surface area contributed by atoms with Crippen LogP contribution in [-0.2, 0) is 4.74 Å². The normalized spacial score (nSPS) is 11.4. The quantitative estimate of drug-likeness (QED) is 0.717. The van der Waals surface area contributed by atoms with Gasteiger partial charge in [-0.15, -0.1) is 0 Å². The number of benzene rings is 1. The smallest absolute Gasteiger partial charge is 0.177 e. The summed E-state index contributed by atoms with van der Waals surface area (Å²) in [6.45, 7) is 12.0. The number of carbonyl (C=O) groups excluding carboxylic acids is 1. The molecule has 3 heteroatoms. The molecule has 0 saturated carbocycles. The van der Waals surface area contributed by atoms with Gasteiger partial charge in [-0.3, -0.25) is 9.69 Å². The topological polar surface area (TPSA) is 29.5 Å².